The number of amides is 3. The second-order valence-electron chi connectivity index (χ2n) is 5.91. The quantitative estimate of drug-likeness (QED) is 0.630. The van der Waals surface area contributed by atoms with Crippen LogP contribution in [-0.4, -0.2) is 16.9 Å². The molecule has 3 N–H and O–H groups in total. The minimum absolute atomic E-state index is 0.161. The van der Waals surface area contributed by atoms with Crippen LogP contribution < -0.4 is 16.0 Å². The summed E-state index contributed by atoms with van der Waals surface area (Å²) >= 11 is 0. The van der Waals surface area contributed by atoms with E-state index in [0.29, 0.717) is 24.3 Å². The molecule has 0 atom stereocenters. The molecule has 0 saturated heterocycles. The predicted molar refractivity (Wildman–Crippen MR) is 104 cm³/mol. The lowest BCUT2D eigenvalue weighted by atomic mass is 10.2. The molecule has 3 rings (SSSR count). The fourth-order valence-corrected chi connectivity index (χ4v) is 2.45. The van der Waals surface area contributed by atoms with E-state index in [0.717, 1.165) is 11.1 Å². The average Bonchev–Trinajstić information content (AvgIpc) is 2.72. The summed E-state index contributed by atoms with van der Waals surface area (Å²) < 4.78 is 0. The second-order valence-corrected chi connectivity index (χ2v) is 5.91. The van der Waals surface area contributed by atoms with E-state index in [1.54, 1.807) is 36.7 Å². The van der Waals surface area contributed by atoms with Gasteiger partial charge < -0.3 is 16.0 Å². The molecular weight excluding hydrogens is 340 g/mol. The van der Waals surface area contributed by atoms with Crippen LogP contribution in [0.5, 0.6) is 0 Å². The first-order chi connectivity index (χ1) is 13.2. The van der Waals surface area contributed by atoms with E-state index in [-0.39, 0.29) is 11.9 Å². The first-order valence-corrected chi connectivity index (χ1v) is 8.56. The van der Waals surface area contributed by atoms with Crippen LogP contribution in [0, 0.1) is 0 Å². The van der Waals surface area contributed by atoms with Gasteiger partial charge in [0.05, 0.1) is 0 Å². The van der Waals surface area contributed by atoms with E-state index in [1.165, 1.54) is 0 Å². The molecule has 27 heavy (non-hydrogen) atoms. The first kappa shape index (κ1) is 18.1. The first-order valence-electron chi connectivity index (χ1n) is 8.56. The van der Waals surface area contributed by atoms with Gasteiger partial charge in [-0.3, -0.25) is 9.78 Å². The number of pyridine rings is 1. The van der Waals surface area contributed by atoms with Gasteiger partial charge in [0.1, 0.15) is 0 Å². The molecule has 3 amide bonds. The molecule has 0 saturated carbocycles. The van der Waals surface area contributed by atoms with Crippen LogP contribution in [0.1, 0.15) is 21.5 Å². The third-order valence-corrected chi connectivity index (χ3v) is 3.88. The number of nitrogens with zero attached hydrogens (tertiary/aromatic N) is 1. The Balaban J connectivity index is 1.47. The van der Waals surface area contributed by atoms with E-state index in [1.807, 2.05) is 42.5 Å². The van der Waals surface area contributed by atoms with Crippen molar-refractivity contribution in [3.05, 3.63) is 95.8 Å². The molecule has 6 heteroatoms. The maximum absolute atomic E-state index is 12.2. The third-order valence-electron chi connectivity index (χ3n) is 3.88. The van der Waals surface area contributed by atoms with Crippen LogP contribution in [0.4, 0.5) is 10.5 Å². The van der Waals surface area contributed by atoms with E-state index in [2.05, 4.69) is 20.9 Å². The van der Waals surface area contributed by atoms with Crippen LogP contribution in [0.2, 0.25) is 0 Å². The maximum Gasteiger partial charge on any atom is 0.319 e. The normalized spacial score (nSPS) is 10.1. The second kappa shape index (κ2) is 9.15. The molecular formula is C21H20N4O2. The van der Waals surface area contributed by atoms with Crippen molar-refractivity contribution in [1.29, 1.82) is 0 Å². The number of benzene rings is 2. The molecule has 0 fully saturated rings. The predicted octanol–water partition coefficient (Wildman–Crippen LogP) is 3.33. The number of hydrogen-bond donors (Lipinski definition) is 3. The van der Waals surface area contributed by atoms with Gasteiger partial charge in [0.15, 0.2) is 0 Å². The fourth-order valence-electron chi connectivity index (χ4n) is 2.45. The largest absolute Gasteiger partial charge is 0.348 e. The Morgan fingerprint density at radius 2 is 1.48 bits per heavy atom. The number of hydrogen-bond acceptors (Lipinski definition) is 3. The van der Waals surface area contributed by atoms with Crippen molar-refractivity contribution in [3.63, 3.8) is 0 Å². The Kier molecular flexibility index (Phi) is 6.14. The zero-order chi connectivity index (χ0) is 18.9. The molecule has 136 valence electrons. The van der Waals surface area contributed by atoms with Gasteiger partial charge in [-0.15, -0.1) is 0 Å². The number of carbonyl (C=O) groups excluding carboxylic acids is 2. The molecule has 1 aromatic heterocycles. The van der Waals surface area contributed by atoms with Gasteiger partial charge in [-0.05, 0) is 41.5 Å². The van der Waals surface area contributed by atoms with Crippen molar-refractivity contribution in [3.8, 4) is 0 Å². The Labute approximate surface area is 157 Å². The molecule has 3 aromatic rings. The summed E-state index contributed by atoms with van der Waals surface area (Å²) in [5.74, 6) is -0.161. The molecule has 0 aliphatic carbocycles. The molecule has 0 bridgehead atoms. The number of anilines is 1. The number of nitrogens with one attached hydrogen (secondary N) is 3. The lowest BCUT2D eigenvalue weighted by Gasteiger charge is -2.09. The highest BCUT2D eigenvalue weighted by atomic mass is 16.2. The van der Waals surface area contributed by atoms with Crippen molar-refractivity contribution in [2.24, 2.45) is 0 Å². The Bertz CT molecular complexity index is 881. The average molecular weight is 360 g/mol. The molecule has 2 aromatic carbocycles. The fraction of sp³-hybridized carbons (Fsp3) is 0.0952. The summed E-state index contributed by atoms with van der Waals surface area (Å²) in [4.78, 5) is 28.1. The van der Waals surface area contributed by atoms with Gasteiger partial charge in [0.25, 0.3) is 5.91 Å². The monoisotopic (exact) mass is 360 g/mol. The van der Waals surface area contributed by atoms with E-state index >= 15 is 0 Å². The Morgan fingerprint density at radius 3 is 2.19 bits per heavy atom. The molecule has 0 aliphatic heterocycles. The molecule has 0 radical (unpaired) electrons. The van der Waals surface area contributed by atoms with Gasteiger partial charge in [0, 0.05) is 36.7 Å². The lowest BCUT2D eigenvalue weighted by Crippen LogP contribution is -2.28. The Morgan fingerprint density at radius 1 is 0.778 bits per heavy atom. The molecule has 1 heterocycles. The highest BCUT2D eigenvalue weighted by Crippen LogP contribution is 2.10. The highest BCUT2D eigenvalue weighted by molar-refractivity contribution is 5.95. The molecule has 0 unspecified atom stereocenters. The lowest BCUT2D eigenvalue weighted by molar-refractivity contribution is 0.0951. The Hall–Kier alpha value is -3.67. The van der Waals surface area contributed by atoms with Crippen molar-refractivity contribution in [1.82, 2.24) is 15.6 Å². The maximum atomic E-state index is 12.2. The van der Waals surface area contributed by atoms with Crippen LogP contribution in [-0.2, 0) is 13.1 Å². The summed E-state index contributed by atoms with van der Waals surface area (Å²) in [6, 6.07) is 19.8. The number of aromatic nitrogens is 1. The molecule has 6 nitrogen and oxygen atoms in total. The number of carbonyl (C=O) groups is 2. The van der Waals surface area contributed by atoms with Crippen molar-refractivity contribution in [2.75, 3.05) is 5.32 Å². The van der Waals surface area contributed by atoms with Crippen molar-refractivity contribution < 1.29 is 9.59 Å². The van der Waals surface area contributed by atoms with Gasteiger partial charge >= 0.3 is 6.03 Å². The third kappa shape index (κ3) is 5.67. The summed E-state index contributed by atoms with van der Waals surface area (Å²) in [5, 5.41) is 8.36. The van der Waals surface area contributed by atoms with E-state index in [9.17, 15) is 9.59 Å². The SMILES string of the molecule is O=C(NCc1cccnc1)Nc1ccc(C(=O)NCc2ccccc2)cc1. The number of urea groups is 1. The summed E-state index contributed by atoms with van der Waals surface area (Å²) in [5.41, 5.74) is 3.10. The smallest absolute Gasteiger partial charge is 0.319 e. The highest BCUT2D eigenvalue weighted by Gasteiger charge is 2.06. The topological polar surface area (TPSA) is 83.1 Å². The van der Waals surface area contributed by atoms with Crippen LogP contribution in [0.3, 0.4) is 0 Å². The zero-order valence-electron chi connectivity index (χ0n) is 14.7. The van der Waals surface area contributed by atoms with Crippen molar-refractivity contribution >= 4 is 17.6 Å². The molecule has 0 spiro atoms. The van der Waals surface area contributed by atoms with Crippen LogP contribution >= 0.6 is 0 Å². The van der Waals surface area contributed by atoms with Gasteiger partial charge in [-0.25, -0.2) is 4.79 Å². The standard InChI is InChI=1S/C21H20N4O2/c26-20(23-14-16-5-2-1-3-6-16)18-8-10-19(11-9-18)25-21(27)24-15-17-7-4-12-22-13-17/h1-13H,14-15H2,(H,23,26)(H2,24,25,27). The zero-order valence-corrected chi connectivity index (χ0v) is 14.7. The summed E-state index contributed by atoms with van der Waals surface area (Å²) in [7, 11) is 0. The van der Waals surface area contributed by atoms with Gasteiger partial charge in [0.2, 0.25) is 0 Å². The summed E-state index contributed by atoms with van der Waals surface area (Å²) in [6.45, 7) is 0.857. The minimum atomic E-state index is -0.319. The number of rotatable bonds is 6. The molecule has 0 aliphatic rings. The van der Waals surface area contributed by atoms with Crippen LogP contribution in [0.15, 0.2) is 79.1 Å². The van der Waals surface area contributed by atoms with E-state index in [4.69, 9.17) is 0 Å². The van der Waals surface area contributed by atoms with E-state index < -0.39 is 0 Å². The summed E-state index contributed by atoms with van der Waals surface area (Å²) in [6.07, 6.45) is 3.38. The minimum Gasteiger partial charge on any atom is -0.348 e. The van der Waals surface area contributed by atoms with Gasteiger partial charge in [-0.2, -0.15) is 0 Å². The van der Waals surface area contributed by atoms with Gasteiger partial charge in [-0.1, -0.05) is 36.4 Å². The van der Waals surface area contributed by atoms with Crippen molar-refractivity contribution in [2.45, 2.75) is 13.1 Å². The van der Waals surface area contributed by atoms with Crippen LogP contribution in [0.25, 0.3) is 0 Å².